The SMILES string of the molecule is COC(=O)c1ccccc1CN1CCC(CCCC(=O)c2ccc3c(c2)CCN(Cc2ccccc2)CC3)CC1.Cl.Cl. The first-order valence-corrected chi connectivity index (χ1v) is 14.9. The maximum atomic E-state index is 13.1. The van der Waals surface area contributed by atoms with Crippen molar-refractivity contribution in [1.29, 1.82) is 0 Å². The number of fused-ring (bicyclic) bond motifs is 1. The van der Waals surface area contributed by atoms with Crippen LogP contribution in [-0.2, 0) is 30.7 Å². The average molecular weight is 612 g/mol. The largest absolute Gasteiger partial charge is 0.465 e. The quantitative estimate of drug-likeness (QED) is 0.180. The topological polar surface area (TPSA) is 49.9 Å². The summed E-state index contributed by atoms with van der Waals surface area (Å²) in [5, 5.41) is 0. The van der Waals surface area contributed by atoms with Gasteiger partial charge in [0.15, 0.2) is 5.78 Å². The number of nitrogens with zero attached hydrogens (tertiary/aromatic N) is 2. The van der Waals surface area contributed by atoms with Crippen LogP contribution in [-0.4, -0.2) is 54.8 Å². The molecular formula is C35H44Cl2N2O3. The molecule has 0 aromatic heterocycles. The number of benzene rings is 3. The van der Waals surface area contributed by atoms with Crippen molar-refractivity contribution in [2.75, 3.05) is 33.3 Å². The minimum atomic E-state index is -0.269. The standard InChI is InChI=1S/C35H42N2O3.2ClH/c1-40-35(39)33-12-6-5-11-32(33)26-37-20-16-27(17-21-37)10-7-13-34(38)31-15-14-29-18-22-36(23-19-30(29)24-31)25-28-8-3-2-4-9-28;;/h2-6,8-9,11-12,14-15,24,27H,7,10,13,16-23,25-26H2,1H3;2*1H. The lowest BCUT2D eigenvalue weighted by molar-refractivity contribution is 0.0597. The summed E-state index contributed by atoms with van der Waals surface area (Å²) in [6, 6.07) is 24.8. The molecule has 2 aliphatic heterocycles. The summed E-state index contributed by atoms with van der Waals surface area (Å²) in [5.74, 6) is 0.683. The van der Waals surface area contributed by atoms with E-state index in [-0.39, 0.29) is 36.6 Å². The minimum Gasteiger partial charge on any atom is -0.465 e. The van der Waals surface area contributed by atoms with E-state index >= 15 is 0 Å². The number of Topliss-reactive ketones (excluding diaryl/α,β-unsaturated/α-hetero) is 1. The van der Waals surface area contributed by atoms with Crippen LogP contribution in [0.5, 0.6) is 0 Å². The molecule has 7 heteroatoms. The molecule has 0 saturated carbocycles. The van der Waals surface area contributed by atoms with E-state index in [0.717, 1.165) is 88.9 Å². The van der Waals surface area contributed by atoms with Gasteiger partial charge in [-0.1, -0.05) is 60.7 Å². The smallest absolute Gasteiger partial charge is 0.338 e. The van der Waals surface area contributed by atoms with Gasteiger partial charge in [0.1, 0.15) is 0 Å². The Kier molecular flexibility index (Phi) is 13.5. The van der Waals surface area contributed by atoms with E-state index in [2.05, 4.69) is 58.3 Å². The lowest BCUT2D eigenvalue weighted by Crippen LogP contribution is -2.33. The molecule has 0 N–H and O–H groups in total. The molecule has 1 saturated heterocycles. The average Bonchev–Trinajstić information content (AvgIpc) is 3.20. The monoisotopic (exact) mass is 610 g/mol. The Morgan fingerprint density at radius 1 is 0.786 bits per heavy atom. The highest BCUT2D eigenvalue weighted by Crippen LogP contribution is 2.26. The summed E-state index contributed by atoms with van der Waals surface area (Å²) in [6.07, 6.45) is 7.04. The summed E-state index contributed by atoms with van der Waals surface area (Å²) in [7, 11) is 1.43. The third-order valence-corrected chi connectivity index (χ3v) is 8.71. The van der Waals surface area contributed by atoms with Crippen molar-refractivity contribution in [2.45, 2.75) is 58.0 Å². The molecule has 0 spiro atoms. The zero-order valence-corrected chi connectivity index (χ0v) is 26.3. The molecule has 3 aromatic rings. The maximum absolute atomic E-state index is 13.1. The van der Waals surface area contributed by atoms with E-state index in [1.165, 1.54) is 23.8 Å². The van der Waals surface area contributed by atoms with Crippen molar-refractivity contribution in [3.63, 3.8) is 0 Å². The fraction of sp³-hybridized carbons (Fsp3) is 0.429. The number of hydrogen-bond acceptors (Lipinski definition) is 5. The van der Waals surface area contributed by atoms with Crippen LogP contribution in [0.2, 0.25) is 0 Å². The zero-order chi connectivity index (χ0) is 27.7. The van der Waals surface area contributed by atoms with E-state index in [9.17, 15) is 9.59 Å². The number of piperidine rings is 1. The molecule has 5 rings (SSSR count). The highest BCUT2D eigenvalue weighted by molar-refractivity contribution is 5.96. The number of methoxy groups -OCH3 is 1. The Bertz CT molecular complexity index is 1290. The fourth-order valence-corrected chi connectivity index (χ4v) is 6.28. The van der Waals surface area contributed by atoms with E-state index < -0.39 is 0 Å². The van der Waals surface area contributed by atoms with Gasteiger partial charge < -0.3 is 4.74 Å². The predicted molar refractivity (Wildman–Crippen MR) is 174 cm³/mol. The van der Waals surface area contributed by atoms with Gasteiger partial charge in [-0.05, 0) is 91.9 Å². The highest BCUT2D eigenvalue weighted by atomic mass is 35.5. The van der Waals surface area contributed by atoms with E-state index in [4.69, 9.17) is 4.74 Å². The van der Waals surface area contributed by atoms with Gasteiger partial charge in [-0.25, -0.2) is 4.79 Å². The number of carbonyl (C=O) groups excluding carboxylic acids is 2. The molecule has 2 aliphatic rings. The Morgan fingerprint density at radius 3 is 2.19 bits per heavy atom. The number of carbonyl (C=O) groups is 2. The van der Waals surface area contributed by atoms with Crippen LogP contribution in [0.1, 0.15) is 75.1 Å². The first-order valence-electron chi connectivity index (χ1n) is 14.9. The Hall–Kier alpha value is -2.70. The zero-order valence-electron chi connectivity index (χ0n) is 24.6. The van der Waals surface area contributed by atoms with Gasteiger partial charge in [-0.15, -0.1) is 24.8 Å². The van der Waals surface area contributed by atoms with Crippen molar-refractivity contribution in [3.8, 4) is 0 Å². The Balaban J connectivity index is 0.00000242. The van der Waals surface area contributed by atoms with Crippen molar-refractivity contribution >= 4 is 36.6 Å². The lowest BCUT2D eigenvalue weighted by Gasteiger charge is -2.32. The molecule has 0 radical (unpaired) electrons. The van der Waals surface area contributed by atoms with Crippen molar-refractivity contribution in [1.82, 2.24) is 9.80 Å². The number of halogens is 2. The van der Waals surface area contributed by atoms with Crippen LogP contribution in [0.4, 0.5) is 0 Å². The normalized spacial score (nSPS) is 15.9. The number of rotatable bonds is 10. The summed E-state index contributed by atoms with van der Waals surface area (Å²) in [6.45, 7) is 5.91. The van der Waals surface area contributed by atoms with Crippen LogP contribution >= 0.6 is 24.8 Å². The van der Waals surface area contributed by atoms with Gasteiger partial charge in [0.05, 0.1) is 12.7 Å². The number of hydrogen-bond donors (Lipinski definition) is 0. The first kappa shape index (κ1) is 33.8. The molecule has 0 bridgehead atoms. The predicted octanol–water partition coefficient (Wildman–Crippen LogP) is 7.18. The molecule has 42 heavy (non-hydrogen) atoms. The third kappa shape index (κ3) is 9.15. The first-order chi connectivity index (χ1) is 19.6. The number of ether oxygens (including phenoxy) is 1. The van der Waals surface area contributed by atoms with Crippen LogP contribution in [0, 0.1) is 5.92 Å². The van der Waals surface area contributed by atoms with Gasteiger partial charge in [0.2, 0.25) is 0 Å². The van der Waals surface area contributed by atoms with Crippen molar-refractivity contribution in [3.05, 3.63) is 106 Å². The maximum Gasteiger partial charge on any atom is 0.338 e. The van der Waals surface area contributed by atoms with Crippen LogP contribution in [0.15, 0.2) is 72.8 Å². The lowest BCUT2D eigenvalue weighted by atomic mass is 9.90. The number of likely N-dealkylation sites (tertiary alicyclic amines) is 1. The second kappa shape index (κ2) is 16.8. The third-order valence-electron chi connectivity index (χ3n) is 8.71. The molecule has 0 amide bonds. The molecule has 226 valence electrons. The van der Waals surface area contributed by atoms with E-state index in [1.807, 2.05) is 24.3 Å². The fourth-order valence-electron chi connectivity index (χ4n) is 6.28. The second-order valence-electron chi connectivity index (χ2n) is 11.4. The molecular weight excluding hydrogens is 567 g/mol. The molecule has 0 atom stereocenters. The summed E-state index contributed by atoms with van der Waals surface area (Å²) >= 11 is 0. The summed E-state index contributed by atoms with van der Waals surface area (Å²) < 4.78 is 4.95. The minimum absolute atomic E-state index is 0. The molecule has 0 aliphatic carbocycles. The van der Waals surface area contributed by atoms with E-state index in [0.29, 0.717) is 17.9 Å². The number of esters is 1. The molecule has 2 heterocycles. The van der Waals surface area contributed by atoms with Crippen molar-refractivity contribution < 1.29 is 14.3 Å². The Morgan fingerprint density at radius 2 is 1.45 bits per heavy atom. The van der Waals surface area contributed by atoms with Gasteiger partial charge in [-0.2, -0.15) is 0 Å². The molecule has 0 unspecified atom stereocenters. The summed E-state index contributed by atoms with van der Waals surface area (Å²) in [4.78, 5) is 30.1. The molecule has 1 fully saturated rings. The van der Waals surface area contributed by atoms with Crippen molar-refractivity contribution in [2.24, 2.45) is 5.92 Å². The number of ketones is 1. The van der Waals surface area contributed by atoms with Crippen LogP contribution in [0.25, 0.3) is 0 Å². The molecule has 3 aromatic carbocycles. The molecule has 5 nitrogen and oxygen atoms in total. The highest BCUT2D eigenvalue weighted by Gasteiger charge is 2.22. The van der Waals surface area contributed by atoms with Gasteiger partial charge >= 0.3 is 5.97 Å². The van der Waals surface area contributed by atoms with Gasteiger partial charge in [-0.3, -0.25) is 14.6 Å². The van der Waals surface area contributed by atoms with E-state index in [1.54, 1.807) is 0 Å². The summed E-state index contributed by atoms with van der Waals surface area (Å²) in [5.41, 5.74) is 6.68. The second-order valence-corrected chi connectivity index (χ2v) is 11.4. The Labute approximate surface area is 263 Å². The van der Waals surface area contributed by atoms with Gasteiger partial charge in [0, 0.05) is 38.2 Å². The van der Waals surface area contributed by atoms with Gasteiger partial charge in [0.25, 0.3) is 0 Å². The van der Waals surface area contributed by atoms with Crippen LogP contribution in [0.3, 0.4) is 0 Å². The van der Waals surface area contributed by atoms with Crippen LogP contribution < -0.4 is 0 Å².